The fourth-order valence-electron chi connectivity index (χ4n) is 8.74. The predicted molar refractivity (Wildman–Crippen MR) is 244 cm³/mol. The zero-order valence-electron chi connectivity index (χ0n) is 34.7. The van der Waals surface area contributed by atoms with Gasteiger partial charge < -0.3 is 14.5 Å². The maximum absolute atomic E-state index is 7.05. The van der Waals surface area contributed by atoms with E-state index in [1.54, 1.807) is 0 Å². The van der Waals surface area contributed by atoms with E-state index in [-0.39, 0.29) is 5.41 Å². The fraction of sp³-hybridized carbons (Fsp3) is 0.226. The van der Waals surface area contributed by atoms with Crippen molar-refractivity contribution in [1.82, 2.24) is 9.55 Å². The molecule has 0 amide bonds. The molecule has 1 aliphatic rings. The molecular weight excluding hydrogens is 709 g/mol. The van der Waals surface area contributed by atoms with Gasteiger partial charge >= 0.3 is 0 Å². The van der Waals surface area contributed by atoms with Crippen LogP contribution in [-0.4, -0.2) is 22.6 Å². The van der Waals surface area contributed by atoms with E-state index >= 15 is 0 Å². The van der Waals surface area contributed by atoms with Crippen molar-refractivity contribution in [3.05, 3.63) is 168 Å². The molecule has 8 aromatic rings. The molecule has 9 rings (SSSR count). The average Bonchev–Trinajstić information content (AvgIpc) is 3.56. The van der Waals surface area contributed by atoms with E-state index in [9.17, 15) is 0 Å². The van der Waals surface area contributed by atoms with Crippen molar-refractivity contribution in [2.75, 3.05) is 22.9 Å². The molecule has 0 unspecified atom stereocenters. The quantitative estimate of drug-likeness (QED) is 0.154. The number of ether oxygens (including phenoxy) is 1. The highest BCUT2D eigenvalue weighted by molar-refractivity contribution is 6.09. The number of para-hydroxylation sites is 4. The third-order valence-electron chi connectivity index (χ3n) is 11.7. The molecule has 58 heavy (non-hydrogen) atoms. The molecule has 0 saturated heterocycles. The molecule has 0 aliphatic carbocycles. The number of anilines is 4. The van der Waals surface area contributed by atoms with Gasteiger partial charge in [-0.05, 0) is 112 Å². The normalized spacial score (nSPS) is 13.2. The number of fused-ring (bicyclic) bond motifs is 4. The number of nitrogens with zero attached hydrogens (tertiary/aromatic N) is 4. The molecule has 0 fully saturated rings. The van der Waals surface area contributed by atoms with E-state index < -0.39 is 0 Å². The molecule has 0 atom stereocenters. The van der Waals surface area contributed by atoms with Gasteiger partial charge in [0.05, 0.1) is 22.4 Å². The average molecular weight is 761 g/mol. The molecule has 0 saturated carbocycles. The molecule has 5 nitrogen and oxygen atoms in total. The highest BCUT2D eigenvalue weighted by Crippen LogP contribution is 2.46. The molecule has 3 heterocycles. The molecule has 290 valence electrons. The third kappa shape index (κ3) is 6.79. The largest absolute Gasteiger partial charge is 0.457 e. The first-order valence-electron chi connectivity index (χ1n) is 20.7. The Bertz CT molecular complexity index is 2750. The van der Waals surface area contributed by atoms with Gasteiger partial charge in [-0.2, -0.15) is 0 Å². The van der Waals surface area contributed by atoms with Gasteiger partial charge in [0.1, 0.15) is 17.3 Å². The summed E-state index contributed by atoms with van der Waals surface area (Å²) in [4.78, 5) is 9.81. The van der Waals surface area contributed by atoms with E-state index in [0.29, 0.717) is 11.8 Å². The van der Waals surface area contributed by atoms with E-state index in [0.717, 1.165) is 47.1 Å². The summed E-state index contributed by atoms with van der Waals surface area (Å²) in [5.74, 6) is 3.19. The first-order valence-corrected chi connectivity index (χ1v) is 20.7. The van der Waals surface area contributed by atoms with Crippen molar-refractivity contribution in [2.45, 2.75) is 65.7 Å². The van der Waals surface area contributed by atoms with Crippen molar-refractivity contribution in [2.24, 2.45) is 0 Å². The zero-order valence-corrected chi connectivity index (χ0v) is 34.7. The van der Waals surface area contributed by atoms with Crippen LogP contribution in [0.5, 0.6) is 11.5 Å². The lowest BCUT2D eigenvalue weighted by Gasteiger charge is -2.39. The molecule has 0 N–H and O–H groups in total. The van der Waals surface area contributed by atoms with Gasteiger partial charge in [0.25, 0.3) is 0 Å². The SMILES string of the molecule is CC(C)c1cccc(C(C)C)c1-c1cc(Oc2ccc3c4ccccc4n(-c4cc(C(C)(C)C)ccn4)c3c2)cc(N2CCN(c3ccccc3)c3ccccc32)c1. The van der Waals surface area contributed by atoms with Crippen LogP contribution in [0.25, 0.3) is 38.8 Å². The minimum Gasteiger partial charge on any atom is -0.457 e. The van der Waals surface area contributed by atoms with Gasteiger partial charge in [-0.15, -0.1) is 0 Å². The Morgan fingerprint density at radius 3 is 1.88 bits per heavy atom. The second-order valence-electron chi connectivity index (χ2n) is 17.3. The van der Waals surface area contributed by atoms with Gasteiger partial charge in [0.2, 0.25) is 0 Å². The summed E-state index contributed by atoms with van der Waals surface area (Å²) < 4.78 is 9.34. The lowest BCUT2D eigenvalue weighted by molar-refractivity contribution is 0.483. The van der Waals surface area contributed by atoms with Crippen LogP contribution >= 0.6 is 0 Å². The molecule has 0 bridgehead atoms. The standard InChI is InChI=1S/C53H52N4O/c1-35(2)43-19-15-20-44(36(3)4)52(43)37-30-40(56-29-28-55(39-16-9-8-10-17-39)48-22-13-14-23-49(48)56)33-42(31-37)58-41-24-25-46-45-18-11-12-21-47(45)57(50(46)34-41)51-32-38(26-27-54-51)53(5,6)7/h8-27,30-36H,28-29H2,1-7H3. The summed E-state index contributed by atoms with van der Waals surface area (Å²) in [5, 5.41) is 2.36. The predicted octanol–water partition coefficient (Wildman–Crippen LogP) is 14.5. The topological polar surface area (TPSA) is 33.5 Å². The van der Waals surface area contributed by atoms with Gasteiger partial charge in [-0.25, -0.2) is 4.98 Å². The van der Waals surface area contributed by atoms with Gasteiger partial charge in [0, 0.05) is 53.6 Å². The fourth-order valence-corrected chi connectivity index (χ4v) is 8.74. The number of benzene rings is 6. The summed E-state index contributed by atoms with van der Waals surface area (Å²) in [6.45, 7) is 17.6. The lowest BCUT2D eigenvalue weighted by Crippen LogP contribution is -2.36. The van der Waals surface area contributed by atoms with Gasteiger partial charge in [-0.3, -0.25) is 4.57 Å². The lowest BCUT2D eigenvalue weighted by atomic mass is 9.85. The molecular formula is C53H52N4O. The Morgan fingerprint density at radius 2 is 1.19 bits per heavy atom. The Morgan fingerprint density at radius 1 is 0.552 bits per heavy atom. The van der Waals surface area contributed by atoms with Crippen LogP contribution in [-0.2, 0) is 5.41 Å². The van der Waals surface area contributed by atoms with E-state index in [1.165, 1.54) is 55.7 Å². The summed E-state index contributed by atoms with van der Waals surface area (Å²) in [6.07, 6.45) is 1.93. The number of pyridine rings is 1. The Hall–Kier alpha value is -6.33. The number of hydrogen-bond acceptors (Lipinski definition) is 4. The van der Waals surface area contributed by atoms with Crippen molar-refractivity contribution in [1.29, 1.82) is 0 Å². The summed E-state index contributed by atoms with van der Waals surface area (Å²) in [5.41, 5.74) is 13.3. The van der Waals surface area contributed by atoms with E-state index in [1.807, 2.05) is 6.20 Å². The molecule has 2 aromatic heterocycles. The van der Waals surface area contributed by atoms with Gasteiger partial charge in [-0.1, -0.05) is 115 Å². The third-order valence-corrected chi connectivity index (χ3v) is 11.7. The summed E-state index contributed by atoms with van der Waals surface area (Å²) >= 11 is 0. The Kier molecular flexibility index (Phi) is 9.56. The van der Waals surface area contributed by atoms with Crippen LogP contribution in [0, 0.1) is 0 Å². The van der Waals surface area contributed by atoms with Crippen molar-refractivity contribution in [3.8, 4) is 28.4 Å². The highest BCUT2D eigenvalue weighted by Gasteiger charge is 2.27. The van der Waals surface area contributed by atoms with Gasteiger partial charge in [0.15, 0.2) is 0 Å². The Labute approximate surface area is 343 Å². The van der Waals surface area contributed by atoms with Crippen LogP contribution in [0.3, 0.4) is 0 Å². The highest BCUT2D eigenvalue weighted by atomic mass is 16.5. The number of hydrogen-bond donors (Lipinski definition) is 0. The molecule has 6 aromatic carbocycles. The molecule has 0 spiro atoms. The minimum absolute atomic E-state index is 0.00816. The van der Waals surface area contributed by atoms with Crippen molar-refractivity contribution >= 4 is 44.6 Å². The molecule has 1 aliphatic heterocycles. The van der Waals surface area contributed by atoms with E-state index in [4.69, 9.17) is 9.72 Å². The zero-order chi connectivity index (χ0) is 40.1. The van der Waals surface area contributed by atoms with Crippen LogP contribution < -0.4 is 14.5 Å². The van der Waals surface area contributed by atoms with Crippen molar-refractivity contribution < 1.29 is 4.74 Å². The summed E-state index contributed by atoms with van der Waals surface area (Å²) in [6, 6.07) is 52.6. The molecule has 5 heteroatoms. The van der Waals surface area contributed by atoms with Crippen LogP contribution in [0.4, 0.5) is 22.7 Å². The smallest absolute Gasteiger partial charge is 0.137 e. The Balaban J connectivity index is 1.21. The summed E-state index contributed by atoms with van der Waals surface area (Å²) in [7, 11) is 0. The second-order valence-corrected chi connectivity index (χ2v) is 17.3. The first kappa shape index (κ1) is 37.3. The van der Waals surface area contributed by atoms with Crippen molar-refractivity contribution in [3.63, 3.8) is 0 Å². The van der Waals surface area contributed by atoms with Crippen LogP contribution in [0.2, 0.25) is 0 Å². The second kappa shape index (κ2) is 14.9. The van der Waals surface area contributed by atoms with E-state index in [2.05, 4.69) is 208 Å². The monoisotopic (exact) mass is 760 g/mol. The number of aromatic nitrogens is 2. The van der Waals surface area contributed by atoms with Crippen LogP contribution in [0.1, 0.15) is 77.0 Å². The minimum atomic E-state index is -0.00816. The molecule has 0 radical (unpaired) electrons. The maximum Gasteiger partial charge on any atom is 0.137 e. The maximum atomic E-state index is 7.05. The number of rotatable bonds is 8. The van der Waals surface area contributed by atoms with Crippen LogP contribution in [0.15, 0.2) is 152 Å². The first-order chi connectivity index (χ1) is 28.0.